The molecular formula is C15H24ClNS. The summed E-state index contributed by atoms with van der Waals surface area (Å²) in [5, 5.41) is 3.73. The zero-order valence-corrected chi connectivity index (χ0v) is 13.2. The lowest BCUT2D eigenvalue weighted by Crippen LogP contribution is -2.40. The lowest BCUT2D eigenvalue weighted by molar-refractivity contribution is 0.152. The summed E-state index contributed by atoms with van der Waals surface area (Å²) < 4.78 is 0.900. The van der Waals surface area contributed by atoms with Gasteiger partial charge in [0.05, 0.1) is 4.34 Å². The van der Waals surface area contributed by atoms with Crippen molar-refractivity contribution in [2.24, 2.45) is 11.3 Å². The topological polar surface area (TPSA) is 12.0 Å². The summed E-state index contributed by atoms with van der Waals surface area (Å²) >= 11 is 7.64. The maximum Gasteiger partial charge on any atom is 0.0931 e. The van der Waals surface area contributed by atoms with Crippen LogP contribution >= 0.6 is 22.9 Å². The summed E-state index contributed by atoms with van der Waals surface area (Å²) in [5.74, 6) is 0.849. The van der Waals surface area contributed by atoms with Crippen LogP contribution in [0.3, 0.4) is 0 Å². The van der Waals surface area contributed by atoms with Crippen molar-refractivity contribution in [2.45, 2.75) is 52.5 Å². The Kier molecular flexibility index (Phi) is 4.74. The second kappa shape index (κ2) is 5.94. The van der Waals surface area contributed by atoms with Crippen molar-refractivity contribution in [3.63, 3.8) is 0 Å². The molecule has 0 spiro atoms. The van der Waals surface area contributed by atoms with Gasteiger partial charge in [-0.2, -0.15) is 0 Å². The molecule has 3 heteroatoms. The highest BCUT2D eigenvalue weighted by Crippen LogP contribution is 2.38. The van der Waals surface area contributed by atoms with Gasteiger partial charge in [0.2, 0.25) is 0 Å². The fourth-order valence-corrected chi connectivity index (χ4v) is 4.47. The summed E-state index contributed by atoms with van der Waals surface area (Å²) in [5.41, 5.74) is 0.502. The Morgan fingerprint density at radius 3 is 2.78 bits per heavy atom. The highest BCUT2D eigenvalue weighted by molar-refractivity contribution is 7.16. The molecule has 1 fully saturated rings. The average Bonchev–Trinajstić information content (AvgIpc) is 2.61. The standard InChI is InChI=1S/C15H24ClNS/c1-11-8-12(10-15(2,3)9-11)17-7-6-13-4-5-14(16)18-13/h4-5,11-12,17H,6-10H2,1-3H3. The molecule has 0 aromatic carbocycles. The van der Waals surface area contributed by atoms with E-state index in [0.29, 0.717) is 11.5 Å². The van der Waals surface area contributed by atoms with E-state index in [2.05, 4.69) is 32.2 Å². The molecule has 1 aliphatic carbocycles. The summed E-state index contributed by atoms with van der Waals surface area (Å²) in [6, 6.07) is 4.83. The van der Waals surface area contributed by atoms with Crippen LogP contribution in [-0.2, 0) is 6.42 Å². The number of rotatable bonds is 4. The van der Waals surface area contributed by atoms with Gasteiger partial charge < -0.3 is 5.32 Å². The van der Waals surface area contributed by atoms with Gasteiger partial charge in [0.1, 0.15) is 0 Å². The molecule has 1 nitrogen and oxygen atoms in total. The van der Waals surface area contributed by atoms with Gasteiger partial charge in [-0.3, -0.25) is 0 Å². The Balaban J connectivity index is 1.76. The van der Waals surface area contributed by atoms with Crippen molar-refractivity contribution in [1.29, 1.82) is 0 Å². The van der Waals surface area contributed by atoms with E-state index in [-0.39, 0.29) is 0 Å². The quantitative estimate of drug-likeness (QED) is 0.842. The van der Waals surface area contributed by atoms with Crippen LogP contribution < -0.4 is 5.32 Å². The molecule has 1 aromatic heterocycles. The number of hydrogen-bond acceptors (Lipinski definition) is 2. The van der Waals surface area contributed by atoms with Crippen LogP contribution in [0.15, 0.2) is 12.1 Å². The SMILES string of the molecule is CC1CC(NCCc2ccc(Cl)s2)CC(C)(C)C1. The van der Waals surface area contributed by atoms with E-state index in [4.69, 9.17) is 11.6 Å². The first kappa shape index (κ1) is 14.4. The Bertz CT molecular complexity index is 386. The Labute approximate surface area is 120 Å². The molecule has 18 heavy (non-hydrogen) atoms. The number of thiophene rings is 1. The molecule has 2 atom stereocenters. The number of hydrogen-bond donors (Lipinski definition) is 1. The zero-order chi connectivity index (χ0) is 13.2. The van der Waals surface area contributed by atoms with Crippen LogP contribution in [0.4, 0.5) is 0 Å². The third-order valence-corrected chi connectivity index (χ3v) is 5.11. The molecule has 2 unspecified atom stereocenters. The van der Waals surface area contributed by atoms with Crippen LogP contribution in [-0.4, -0.2) is 12.6 Å². The lowest BCUT2D eigenvalue weighted by atomic mass is 9.70. The van der Waals surface area contributed by atoms with E-state index in [1.165, 1.54) is 24.1 Å². The smallest absolute Gasteiger partial charge is 0.0931 e. The van der Waals surface area contributed by atoms with E-state index < -0.39 is 0 Å². The molecular weight excluding hydrogens is 262 g/mol. The monoisotopic (exact) mass is 285 g/mol. The molecule has 2 rings (SSSR count). The lowest BCUT2D eigenvalue weighted by Gasteiger charge is -2.39. The van der Waals surface area contributed by atoms with Crippen molar-refractivity contribution in [3.05, 3.63) is 21.3 Å². The molecule has 1 saturated carbocycles. The van der Waals surface area contributed by atoms with Gasteiger partial charge >= 0.3 is 0 Å². The summed E-state index contributed by atoms with van der Waals surface area (Å²) in [4.78, 5) is 1.38. The largest absolute Gasteiger partial charge is 0.314 e. The molecule has 0 saturated heterocycles. The minimum Gasteiger partial charge on any atom is -0.314 e. The summed E-state index contributed by atoms with van der Waals surface area (Å²) in [6.07, 6.45) is 5.10. The number of halogens is 1. The van der Waals surface area contributed by atoms with E-state index in [0.717, 1.165) is 23.2 Å². The van der Waals surface area contributed by atoms with Crippen LogP contribution in [0.25, 0.3) is 0 Å². The highest BCUT2D eigenvalue weighted by Gasteiger charge is 2.31. The van der Waals surface area contributed by atoms with Crippen molar-refractivity contribution >= 4 is 22.9 Å². The van der Waals surface area contributed by atoms with E-state index in [9.17, 15) is 0 Å². The third kappa shape index (κ3) is 4.25. The highest BCUT2D eigenvalue weighted by atomic mass is 35.5. The van der Waals surface area contributed by atoms with Crippen molar-refractivity contribution in [1.82, 2.24) is 5.32 Å². The summed E-state index contributed by atoms with van der Waals surface area (Å²) in [6.45, 7) is 8.26. The fourth-order valence-electron chi connectivity index (χ4n) is 3.39. The maximum absolute atomic E-state index is 5.94. The van der Waals surface area contributed by atoms with Gasteiger partial charge in [0.25, 0.3) is 0 Å². The van der Waals surface area contributed by atoms with Crippen LogP contribution in [0.1, 0.15) is 44.9 Å². The first-order valence-electron chi connectivity index (χ1n) is 6.92. The van der Waals surface area contributed by atoms with Crippen LogP contribution in [0, 0.1) is 11.3 Å². The number of nitrogens with one attached hydrogen (secondary N) is 1. The third-order valence-electron chi connectivity index (χ3n) is 3.82. The van der Waals surface area contributed by atoms with E-state index in [1.54, 1.807) is 11.3 Å². The second-order valence-electron chi connectivity index (χ2n) is 6.52. The molecule has 1 N–H and O–H groups in total. The predicted molar refractivity (Wildman–Crippen MR) is 81.6 cm³/mol. The molecule has 1 heterocycles. The summed E-state index contributed by atoms with van der Waals surface area (Å²) in [7, 11) is 0. The molecule has 1 aliphatic rings. The molecule has 0 aliphatic heterocycles. The fraction of sp³-hybridized carbons (Fsp3) is 0.733. The first-order chi connectivity index (χ1) is 8.44. The average molecular weight is 286 g/mol. The minimum absolute atomic E-state index is 0.502. The second-order valence-corrected chi connectivity index (χ2v) is 8.32. The van der Waals surface area contributed by atoms with Gasteiger partial charge in [0, 0.05) is 17.5 Å². The Hall–Kier alpha value is -0.0500. The van der Waals surface area contributed by atoms with Crippen molar-refractivity contribution in [2.75, 3.05) is 6.54 Å². The maximum atomic E-state index is 5.94. The molecule has 0 bridgehead atoms. The normalized spacial score (nSPS) is 27.3. The molecule has 1 aromatic rings. The molecule has 0 amide bonds. The van der Waals surface area contributed by atoms with Gasteiger partial charge in [-0.15, -0.1) is 11.3 Å². The van der Waals surface area contributed by atoms with Gasteiger partial charge in [-0.1, -0.05) is 32.4 Å². The Morgan fingerprint density at radius 1 is 1.39 bits per heavy atom. The van der Waals surface area contributed by atoms with Crippen molar-refractivity contribution in [3.8, 4) is 0 Å². The van der Waals surface area contributed by atoms with Gasteiger partial charge in [-0.25, -0.2) is 0 Å². The van der Waals surface area contributed by atoms with E-state index in [1.807, 2.05) is 6.07 Å². The zero-order valence-electron chi connectivity index (χ0n) is 11.6. The first-order valence-corrected chi connectivity index (χ1v) is 8.12. The minimum atomic E-state index is 0.502. The van der Waals surface area contributed by atoms with Crippen LogP contribution in [0.2, 0.25) is 4.34 Å². The predicted octanol–water partition coefficient (Wildman–Crippen LogP) is 4.75. The van der Waals surface area contributed by atoms with Crippen LogP contribution in [0.5, 0.6) is 0 Å². The van der Waals surface area contributed by atoms with E-state index >= 15 is 0 Å². The molecule has 102 valence electrons. The molecule has 0 radical (unpaired) electrons. The Morgan fingerprint density at radius 2 is 2.17 bits per heavy atom. The van der Waals surface area contributed by atoms with Gasteiger partial charge in [0.15, 0.2) is 0 Å². The van der Waals surface area contributed by atoms with Crippen molar-refractivity contribution < 1.29 is 0 Å². The van der Waals surface area contributed by atoms with Gasteiger partial charge in [-0.05, 0) is 49.1 Å².